The van der Waals surface area contributed by atoms with Crippen LogP contribution in [-0.2, 0) is 6.18 Å². The average Bonchev–Trinajstić information content (AvgIpc) is 2.90. The topological polar surface area (TPSA) is 40.8 Å². The normalized spacial score (nSPS) is 20.5. The number of anilines is 1. The molecule has 0 saturated heterocycles. The van der Waals surface area contributed by atoms with E-state index in [0.717, 1.165) is 6.07 Å². The summed E-state index contributed by atoms with van der Waals surface area (Å²) < 4.78 is 76.9. The van der Waals surface area contributed by atoms with Crippen LogP contribution in [-0.4, -0.2) is 22.4 Å². The third-order valence-electron chi connectivity index (χ3n) is 3.47. The van der Waals surface area contributed by atoms with Crippen molar-refractivity contribution in [2.45, 2.75) is 31.2 Å². The van der Waals surface area contributed by atoms with Crippen molar-refractivity contribution in [3.8, 4) is 0 Å². The van der Waals surface area contributed by atoms with E-state index in [9.17, 15) is 26.3 Å². The number of hydrazone groups is 1. The van der Waals surface area contributed by atoms with E-state index in [-0.39, 0.29) is 10.7 Å². The van der Waals surface area contributed by atoms with E-state index in [1.54, 1.807) is 0 Å². The van der Waals surface area contributed by atoms with Gasteiger partial charge in [0.05, 0.1) is 12.1 Å². The zero-order valence-electron chi connectivity index (χ0n) is 12.5. The Hall–Kier alpha value is -2.35. The lowest BCUT2D eigenvalue weighted by molar-refractivity contribution is -0.136. The lowest BCUT2D eigenvalue weighted by atomic mass is 9.96. The molecule has 1 aliphatic heterocycles. The van der Waals surface area contributed by atoms with Crippen LogP contribution in [0.15, 0.2) is 23.3 Å². The van der Waals surface area contributed by atoms with Crippen LogP contribution >= 0.6 is 12.2 Å². The second-order valence-electron chi connectivity index (χ2n) is 5.47. The molecule has 1 aromatic carbocycles. The molecule has 0 bridgehead atoms. The molecule has 1 aliphatic rings. The van der Waals surface area contributed by atoms with Crippen LogP contribution in [0.4, 0.5) is 37.7 Å². The number of hydrogen-bond donors (Lipinski definition) is 2. The van der Waals surface area contributed by atoms with E-state index in [0.29, 0.717) is 6.07 Å². The van der Waals surface area contributed by atoms with Gasteiger partial charge < -0.3 is 5.32 Å². The van der Waals surface area contributed by atoms with Crippen molar-refractivity contribution in [3.05, 3.63) is 35.2 Å². The molecule has 0 saturated carbocycles. The van der Waals surface area contributed by atoms with Gasteiger partial charge in [-0.2, -0.15) is 31.4 Å². The standard InChI is InChI=1S/C14H10F6N4S/c1-12(6-10(23-24-12)14(18,19)20)11(25)22-7-3-4-9(21-2)8(5-7)13(15,16)17/h3-5,24H,6H2,1H3,(H,22,25)/t12-/m1/s1. The van der Waals surface area contributed by atoms with E-state index in [4.69, 9.17) is 18.8 Å². The summed E-state index contributed by atoms with van der Waals surface area (Å²) in [6.45, 7) is 8.12. The summed E-state index contributed by atoms with van der Waals surface area (Å²) in [6, 6.07) is 2.84. The van der Waals surface area contributed by atoms with Crippen LogP contribution in [0.2, 0.25) is 0 Å². The highest BCUT2D eigenvalue weighted by atomic mass is 32.1. The van der Waals surface area contributed by atoms with Gasteiger partial charge in [-0.1, -0.05) is 18.3 Å². The van der Waals surface area contributed by atoms with Gasteiger partial charge in [-0.3, -0.25) is 5.43 Å². The smallest absolute Gasteiger partial charge is 0.348 e. The average molecular weight is 380 g/mol. The van der Waals surface area contributed by atoms with E-state index < -0.39 is 41.3 Å². The van der Waals surface area contributed by atoms with E-state index in [2.05, 4.69) is 20.7 Å². The molecule has 0 spiro atoms. The fraction of sp³-hybridized carbons (Fsp3) is 0.357. The number of rotatable bonds is 2. The lowest BCUT2D eigenvalue weighted by Gasteiger charge is -2.26. The first-order chi connectivity index (χ1) is 11.4. The van der Waals surface area contributed by atoms with Crippen molar-refractivity contribution in [1.29, 1.82) is 0 Å². The van der Waals surface area contributed by atoms with Crippen LogP contribution in [0.3, 0.4) is 0 Å². The molecule has 1 aromatic rings. The minimum Gasteiger partial charge on any atom is -0.348 e. The highest BCUT2D eigenvalue weighted by molar-refractivity contribution is 7.80. The summed E-state index contributed by atoms with van der Waals surface area (Å²) in [6.07, 6.45) is -9.93. The first-order valence-corrected chi connectivity index (χ1v) is 7.09. The third kappa shape index (κ3) is 4.01. The molecule has 25 heavy (non-hydrogen) atoms. The Bertz CT molecular complexity index is 777. The molecule has 134 valence electrons. The molecule has 0 unspecified atom stereocenters. The van der Waals surface area contributed by atoms with Gasteiger partial charge in [0.15, 0.2) is 5.69 Å². The first-order valence-electron chi connectivity index (χ1n) is 6.68. The fourth-order valence-electron chi connectivity index (χ4n) is 2.11. The maximum Gasteiger partial charge on any atom is 0.431 e. The SMILES string of the molecule is [C-]#[N+]c1ccc(NC(=S)[C@@]2(C)CC(C(F)(F)F)=NN2)cc1C(F)(F)F. The predicted molar refractivity (Wildman–Crippen MR) is 83.6 cm³/mol. The number of benzene rings is 1. The van der Waals surface area contributed by atoms with Gasteiger partial charge in [0.2, 0.25) is 0 Å². The molecule has 1 heterocycles. The van der Waals surface area contributed by atoms with Gasteiger partial charge in [-0.05, 0) is 19.1 Å². The van der Waals surface area contributed by atoms with E-state index in [1.165, 1.54) is 13.0 Å². The van der Waals surface area contributed by atoms with Crippen molar-refractivity contribution < 1.29 is 26.3 Å². The summed E-state index contributed by atoms with van der Waals surface area (Å²) in [5.41, 5.74) is -2.01. The molecular formula is C14H10F6N4S. The third-order valence-corrected chi connectivity index (χ3v) is 4.02. The quantitative estimate of drug-likeness (QED) is 0.445. The molecule has 0 fully saturated rings. The highest BCUT2D eigenvalue weighted by Crippen LogP contribution is 2.38. The van der Waals surface area contributed by atoms with Crippen molar-refractivity contribution in [1.82, 2.24) is 5.43 Å². The van der Waals surface area contributed by atoms with Crippen LogP contribution < -0.4 is 10.7 Å². The lowest BCUT2D eigenvalue weighted by Crippen LogP contribution is -2.47. The molecule has 0 radical (unpaired) electrons. The van der Waals surface area contributed by atoms with Gasteiger partial charge in [0.25, 0.3) is 0 Å². The molecule has 2 N–H and O–H groups in total. The summed E-state index contributed by atoms with van der Waals surface area (Å²) in [4.78, 5) is 2.65. The minimum absolute atomic E-state index is 0.0896. The predicted octanol–water partition coefficient (Wildman–Crippen LogP) is 4.67. The zero-order valence-corrected chi connectivity index (χ0v) is 13.3. The van der Waals surface area contributed by atoms with Crippen LogP contribution in [0.1, 0.15) is 18.9 Å². The Labute approximate surface area is 143 Å². The first kappa shape index (κ1) is 19.0. The van der Waals surface area contributed by atoms with Crippen LogP contribution in [0, 0.1) is 6.57 Å². The fourth-order valence-corrected chi connectivity index (χ4v) is 2.34. The van der Waals surface area contributed by atoms with Crippen molar-refractivity contribution in [3.63, 3.8) is 0 Å². The van der Waals surface area contributed by atoms with Crippen molar-refractivity contribution >= 4 is 34.3 Å². The Morgan fingerprint density at radius 2 is 1.92 bits per heavy atom. The molecule has 1 atom stereocenters. The maximum atomic E-state index is 13.0. The van der Waals surface area contributed by atoms with Gasteiger partial charge in [-0.15, -0.1) is 0 Å². The van der Waals surface area contributed by atoms with E-state index >= 15 is 0 Å². The number of nitrogens with zero attached hydrogens (tertiary/aromatic N) is 2. The molecule has 11 heteroatoms. The Morgan fingerprint density at radius 3 is 2.40 bits per heavy atom. The molecule has 2 rings (SSSR count). The van der Waals surface area contributed by atoms with E-state index in [1.807, 2.05) is 0 Å². The summed E-state index contributed by atoms with van der Waals surface area (Å²) in [5, 5.41) is 5.69. The second-order valence-corrected chi connectivity index (χ2v) is 5.88. The summed E-state index contributed by atoms with van der Waals surface area (Å²) in [7, 11) is 0. The summed E-state index contributed by atoms with van der Waals surface area (Å²) >= 11 is 5.03. The van der Waals surface area contributed by atoms with Gasteiger partial charge in [0, 0.05) is 12.1 Å². The van der Waals surface area contributed by atoms with Gasteiger partial charge >= 0.3 is 12.4 Å². The maximum absolute atomic E-state index is 13.0. The highest BCUT2D eigenvalue weighted by Gasteiger charge is 2.46. The van der Waals surface area contributed by atoms with Gasteiger partial charge in [-0.25, -0.2) is 4.85 Å². The molecule has 0 aromatic heterocycles. The van der Waals surface area contributed by atoms with Crippen molar-refractivity contribution in [2.75, 3.05) is 5.32 Å². The molecular weight excluding hydrogens is 370 g/mol. The molecule has 4 nitrogen and oxygen atoms in total. The minimum atomic E-state index is -4.75. The number of nitrogens with one attached hydrogen (secondary N) is 2. The molecule has 0 aliphatic carbocycles. The molecule has 0 amide bonds. The largest absolute Gasteiger partial charge is 0.431 e. The Morgan fingerprint density at radius 1 is 1.28 bits per heavy atom. The number of halogens is 6. The number of alkyl halides is 6. The zero-order chi connectivity index (χ0) is 19.0. The van der Waals surface area contributed by atoms with Crippen molar-refractivity contribution in [2.24, 2.45) is 5.10 Å². The van der Waals surface area contributed by atoms with Crippen LogP contribution in [0.5, 0.6) is 0 Å². The number of thiocarbonyl (C=S) groups is 1. The Kier molecular flexibility index (Phi) is 4.69. The summed E-state index contributed by atoms with van der Waals surface area (Å²) in [5.74, 6) is 0. The number of hydrogen-bond acceptors (Lipinski definition) is 3. The second kappa shape index (κ2) is 6.18. The Balaban J connectivity index is 2.21. The van der Waals surface area contributed by atoms with Crippen LogP contribution in [0.25, 0.3) is 4.85 Å². The monoisotopic (exact) mass is 380 g/mol. The van der Waals surface area contributed by atoms with Gasteiger partial charge in [0.1, 0.15) is 16.2 Å².